The van der Waals surface area contributed by atoms with Gasteiger partial charge in [-0.05, 0) is 53.4 Å². The third kappa shape index (κ3) is 5.09. The number of hydrogen-bond donors (Lipinski definition) is 1. The van der Waals surface area contributed by atoms with Gasteiger partial charge in [-0.1, -0.05) is 0 Å². The zero-order valence-electron chi connectivity index (χ0n) is 18.5. The van der Waals surface area contributed by atoms with E-state index in [0.29, 0.717) is 12.8 Å². The number of carbonyl (C=O) groups excluding carboxylic acids is 3. The number of likely N-dealkylation sites (tertiary alicyclic amines) is 1. The molecule has 0 spiro atoms. The van der Waals surface area contributed by atoms with E-state index in [4.69, 9.17) is 9.47 Å². The molecule has 176 valence electrons. The number of alkyl halides is 3. The quantitative estimate of drug-likeness (QED) is 0.668. The Balaban J connectivity index is 1.90. The Kier molecular flexibility index (Phi) is 6.23. The molecule has 3 rings (SSSR count). The summed E-state index contributed by atoms with van der Waals surface area (Å²) in [5.74, 6) is -2.09. The van der Waals surface area contributed by atoms with E-state index in [-0.39, 0.29) is 30.4 Å². The summed E-state index contributed by atoms with van der Waals surface area (Å²) in [6.07, 6.45) is -6.71. The van der Waals surface area contributed by atoms with Gasteiger partial charge in [0.1, 0.15) is 12.5 Å². The molecule has 2 amide bonds. The predicted molar refractivity (Wildman–Crippen MR) is 104 cm³/mol. The van der Waals surface area contributed by atoms with Crippen LogP contribution in [0.15, 0.2) is 0 Å². The van der Waals surface area contributed by atoms with Crippen molar-refractivity contribution < 1.29 is 37.0 Å². The monoisotopic (exact) mass is 448 g/mol. The molecular weight excluding hydrogens is 417 g/mol. The second-order valence-corrected chi connectivity index (χ2v) is 10.2. The summed E-state index contributed by atoms with van der Waals surface area (Å²) in [7, 11) is 0. The number of carbonyl (C=O) groups is 3. The lowest BCUT2D eigenvalue weighted by Gasteiger charge is -2.45. The maximum atomic E-state index is 12.9. The predicted octanol–water partition coefficient (Wildman–Crippen LogP) is 3.27. The second kappa shape index (κ2) is 8.16. The Morgan fingerprint density at radius 1 is 1.10 bits per heavy atom. The van der Waals surface area contributed by atoms with Crippen molar-refractivity contribution in [2.75, 3.05) is 6.54 Å². The number of amides is 2. The minimum absolute atomic E-state index is 0.000872. The van der Waals surface area contributed by atoms with Crippen molar-refractivity contribution in [2.45, 2.75) is 84.3 Å². The molecule has 0 radical (unpaired) electrons. The van der Waals surface area contributed by atoms with Gasteiger partial charge in [0.05, 0.1) is 17.6 Å². The summed E-state index contributed by atoms with van der Waals surface area (Å²) in [5.41, 5.74) is -0.811. The molecule has 3 fully saturated rings. The van der Waals surface area contributed by atoms with E-state index in [1.165, 1.54) is 4.90 Å². The molecule has 3 bridgehead atoms. The first-order chi connectivity index (χ1) is 14.2. The Morgan fingerprint density at radius 2 is 1.71 bits per heavy atom. The molecule has 2 saturated carbocycles. The first-order valence-electron chi connectivity index (χ1n) is 10.7. The molecule has 1 saturated heterocycles. The van der Waals surface area contributed by atoms with Crippen LogP contribution in [0.3, 0.4) is 0 Å². The van der Waals surface area contributed by atoms with Crippen LogP contribution in [-0.4, -0.2) is 59.9 Å². The highest BCUT2D eigenvalue weighted by atomic mass is 19.4. The lowest BCUT2D eigenvalue weighted by Crippen LogP contribution is -2.57. The molecule has 31 heavy (non-hydrogen) atoms. The van der Waals surface area contributed by atoms with Crippen LogP contribution in [-0.2, 0) is 19.1 Å². The van der Waals surface area contributed by atoms with Gasteiger partial charge in [-0.15, -0.1) is 0 Å². The summed E-state index contributed by atoms with van der Waals surface area (Å²) in [6, 6.07) is -1.14. The molecule has 1 N–H and O–H groups in total. The fraction of sp³-hybridized carbons (Fsp3) is 0.857. The van der Waals surface area contributed by atoms with E-state index < -0.39 is 54.2 Å². The fourth-order valence-corrected chi connectivity index (χ4v) is 5.22. The summed E-state index contributed by atoms with van der Waals surface area (Å²) >= 11 is 0. The van der Waals surface area contributed by atoms with Gasteiger partial charge in [-0.25, -0.2) is 4.79 Å². The van der Waals surface area contributed by atoms with Crippen molar-refractivity contribution in [3.63, 3.8) is 0 Å². The van der Waals surface area contributed by atoms with Crippen LogP contribution in [0.2, 0.25) is 0 Å². The third-order valence-electron chi connectivity index (χ3n) is 6.30. The molecule has 7 nitrogen and oxygen atoms in total. The lowest BCUT2D eigenvalue weighted by atomic mass is 9.74. The lowest BCUT2D eigenvalue weighted by molar-refractivity contribution is -0.173. The Morgan fingerprint density at radius 3 is 2.26 bits per heavy atom. The number of nitrogens with one attached hydrogen (secondary N) is 1. The molecule has 10 heteroatoms. The van der Waals surface area contributed by atoms with E-state index >= 15 is 0 Å². The molecule has 1 aliphatic heterocycles. The van der Waals surface area contributed by atoms with Gasteiger partial charge in [0.2, 0.25) is 5.91 Å². The average molecular weight is 448 g/mol. The van der Waals surface area contributed by atoms with Crippen molar-refractivity contribution in [1.29, 1.82) is 0 Å². The molecule has 1 heterocycles. The number of fused-ring (bicyclic) bond motifs is 2. The number of rotatable bonds is 4. The Bertz CT molecular complexity index is 734. The van der Waals surface area contributed by atoms with Crippen molar-refractivity contribution in [3.05, 3.63) is 0 Å². The highest BCUT2D eigenvalue weighted by Gasteiger charge is 2.62. The first kappa shape index (κ1) is 23.7. The zero-order chi connectivity index (χ0) is 23.3. The number of alkyl carbamates (subject to hydrolysis) is 1. The van der Waals surface area contributed by atoms with Crippen LogP contribution >= 0.6 is 0 Å². The molecule has 0 aromatic heterocycles. The number of piperidine rings is 1. The van der Waals surface area contributed by atoms with Crippen LogP contribution in [0.4, 0.5) is 18.0 Å². The van der Waals surface area contributed by atoms with Gasteiger partial charge in [-0.2, -0.15) is 13.2 Å². The van der Waals surface area contributed by atoms with Crippen molar-refractivity contribution in [2.24, 2.45) is 23.2 Å². The Hall–Kier alpha value is -2.00. The minimum atomic E-state index is -4.62. The molecule has 2 aliphatic carbocycles. The molecule has 3 unspecified atom stereocenters. The standard InChI is InChI=1S/C21H31F3N2O5/c1-10(2)30-19(29)25-15-12-6-11-7-13(15)17(31-18(28)20(3,4)5)16(12)26(9-11)14(27)8-21(22,23)24/h10-13,15-17H,6-9H2,1-5H3,(H,25,29)/t11?,12-,13+,15?,16?,17-/m0/s1. The van der Waals surface area contributed by atoms with E-state index in [0.717, 1.165) is 0 Å². The highest BCUT2D eigenvalue weighted by Crippen LogP contribution is 2.52. The van der Waals surface area contributed by atoms with Gasteiger partial charge in [0, 0.05) is 24.4 Å². The van der Waals surface area contributed by atoms with E-state index in [1.54, 1.807) is 34.6 Å². The summed E-state index contributed by atoms with van der Waals surface area (Å²) < 4.78 is 49.8. The molecule has 0 aromatic rings. The zero-order valence-corrected chi connectivity index (χ0v) is 18.5. The number of halogens is 3. The van der Waals surface area contributed by atoms with Gasteiger partial charge >= 0.3 is 18.2 Å². The largest absolute Gasteiger partial charge is 0.459 e. The summed E-state index contributed by atoms with van der Waals surface area (Å²) in [6.45, 7) is 8.70. The van der Waals surface area contributed by atoms with E-state index in [2.05, 4.69) is 5.32 Å². The maximum Gasteiger partial charge on any atom is 0.407 e. The van der Waals surface area contributed by atoms with Gasteiger partial charge in [-0.3, -0.25) is 9.59 Å². The topological polar surface area (TPSA) is 84.9 Å². The SMILES string of the molecule is CC(C)OC(=O)NC1[C@@H]2CC3C[C@H]1[C@H](OC(=O)C(C)(C)C)C2N(C(=O)CC(F)(F)F)C3. The maximum absolute atomic E-state index is 12.9. The number of ether oxygens (including phenoxy) is 2. The fourth-order valence-electron chi connectivity index (χ4n) is 5.22. The van der Waals surface area contributed by atoms with Crippen LogP contribution in [0.1, 0.15) is 53.9 Å². The number of esters is 1. The van der Waals surface area contributed by atoms with Gasteiger partial charge in [0.15, 0.2) is 0 Å². The highest BCUT2D eigenvalue weighted by molar-refractivity contribution is 5.78. The van der Waals surface area contributed by atoms with Crippen LogP contribution in [0.5, 0.6) is 0 Å². The van der Waals surface area contributed by atoms with Crippen LogP contribution < -0.4 is 5.32 Å². The average Bonchev–Trinajstić information content (AvgIpc) is 2.71. The smallest absolute Gasteiger partial charge is 0.407 e. The van der Waals surface area contributed by atoms with Gasteiger partial charge < -0.3 is 19.7 Å². The number of hydrogen-bond acceptors (Lipinski definition) is 5. The Labute approximate surface area is 180 Å². The molecule has 3 aliphatic rings. The summed E-state index contributed by atoms with van der Waals surface area (Å²) in [4.78, 5) is 38.7. The minimum Gasteiger partial charge on any atom is -0.459 e. The van der Waals surface area contributed by atoms with Crippen molar-refractivity contribution in [3.8, 4) is 0 Å². The third-order valence-corrected chi connectivity index (χ3v) is 6.30. The van der Waals surface area contributed by atoms with Crippen molar-refractivity contribution >= 4 is 18.0 Å². The van der Waals surface area contributed by atoms with E-state index in [1.807, 2.05) is 0 Å². The molecule has 0 aromatic carbocycles. The molecular formula is C21H31F3N2O5. The summed E-state index contributed by atoms with van der Waals surface area (Å²) in [5, 5.41) is 2.83. The number of nitrogens with zero attached hydrogens (tertiary/aromatic N) is 1. The van der Waals surface area contributed by atoms with Crippen molar-refractivity contribution in [1.82, 2.24) is 10.2 Å². The first-order valence-corrected chi connectivity index (χ1v) is 10.7. The van der Waals surface area contributed by atoms with Crippen LogP contribution in [0.25, 0.3) is 0 Å². The second-order valence-electron chi connectivity index (χ2n) is 10.2. The van der Waals surface area contributed by atoms with E-state index in [9.17, 15) is 27.6 Å². The normalized spacial score (nSPS) is 32.2. The van der Waals surface area contributed by atoms with Crippen LogP contribution in [0, 0.1) is 23.2 Å². The molecule has 6 atom stereocenters. The van der Waals surface area contributed by atoms with Gasteiger partial charge in [0.25, 0.3) is 0 Å².